The quantitative estimate of drug-likeness (QED) is 0.796. The molecule has 0 aliphatic carbocycles. The van der Waals surface area contributed by atoms with Gasteiger partial charge in [-0.25, -0.2) is 4.79 Å². The van der Waals surface area contributed by atoms with Crippen molar-refractivity contribution in [3.8, 4) is 0 Å². The monoisotopic (exact) mass is 233 g/mol. The highest BCUT2D eigenvalue weighted by molar-refractivity contribution is 5.91. The third-order valence-electron chi connectivity index (χ3n) is 3.63. The highest BCUT2D eigenvalue weighted by Gasteiger charge is 2.20. The second-order valence-electron chi connectivity index (χ2n) is 4.69. The molecule has 1 aromatic rings. The van der Waals surface area contributed by atoms with E-state index in [9.17, 15) is 4.79 Å². The average molecular weight is 233 g/mol. The van der Waals surface area contributed by atoms with Crippen LogP contribution >= 0.6 is 0 Å². The maximum Gasteiger partial charge on any atom is 0.338 e. The molecule has 2 rings (SSSR count). The van der Waals surface area contributed by atoms with Crippen LogP contribution in [-0.4, -0.2) is 26.2 Å². The summed E-state index contributed by atoms with van der Waals surface area (Å²) in [5, 5.41) is 3.35. The first-order chi connectivity index (χ1) is 8.13. The molecule has 0 radical (unpaired) electrons. The largest absolute Gasteiger partial charge is 0.465 e. The molecule has 1 aliphatic heterocycles. The number of rotatable bonds is 2. The summed E-state index contributed by atoms with van der Waals surface area (Å²) in [6.07, 6.45) is 1.14. The number of hydrogen-bond acceptors (Lipinski definition) is 3. The van der Waals surface area contributed by atoms with Gasteiger partial charge in [-0.2, -0.15) is 0 Å². The number of aryl methyl sites for hydroxylation is 1. The topological polar surface area (TPSA) is 38.3 Å². The highest BCUT2D eigenvalue weighted by Crippen LogP contribution is 2.26. The zero-order valence-corrected chi connectivity index (χ0v) is 10.7. The Hall–Kier alpha value is -1.35. The van der Waals surface area contributed by atoms with E-state index >= 15 is 0 Å². The van der Waals surface area contributed by atoms with Crippen LogP contribution in [-0.2, 0) is 4.74 Å². The molecule has 0 saturated carbocycles. The lowest BCUT2D eigenvalue weighted by Gasteiger charge is -2.14. The van der Waals surface area contributed by atoms with E-state index in [1.165, 1.54) is 12.7 Å². The van der Waals surface area contributed by atoms with Crippen molar-refractivity contribution in [3.05, 3.63) is 34.4 Å². The Balaban J connectivity index is 2.41. The molecule has 1 heterocycles. The molecule has 0 bridgehead atoms. The van der Waals surface area contributed by atoms with Crippen LogP contribution in [0.3, 0.4) is 0 Å². The highest BCUT2D eigenvalue weighted by atomic mass is 16.5. The van der Waals surface area contributed by atoms with Gasteiger partial charge in [-0.3, -0.25) is 0 Å². The van der Waals surface area contributed by atoms with Crippen molar-refractivity contribution in [1.82, 2.24) is 5.32 Å². The maximum absolute atomic E-state index is 11.7. The van der Waals surface area contributed by atoms with Crippen molar-refractivity contribution >= 4 is 5.97 Å². The predicted molar refractivity (Wildman–Crippen MR) is 67.5 cm³/mol. The minimum absolute atomic E-state index is 0.238. The normalized spacial score (nSPS) is 19.4. The Morgan fingerprint density at radius 3 is 2.76 bits per heavy atom. The molecule has 0 aromatic heterocycles. The van der Waals surface area contributed by atoms with Gasteiger partial charge in [0.2, 0.25) is 0 Å². The number of methoxy groups -OCH3 is 1. The molecule has 1 fully saturated rings. The van der Waals surface area contributed by atoms with Crippen LogP contribution in [0.15, 0.2) is 12.1 Å². The van der Waals surface area contributed by atoms with E-state index in [2.05, 4.69) is 11.4 Å². The van der Waals surface area contributed by atoms with Gasteiger partial charge in [-0.1, -0.05) is 6.07 Å². The Bertz CT molecular complexity index is 434. The first-order valence-corrected chi connectivity index (χ1v) is 6.03. The summed E-state index contributed by atoms with van der Waals surface area (Å²) in [5.41, 5.74) is 4.13. The number of carbonyl (C=O) groups excluding carboxylic acids is 1. The van der Waals surface area contributed by atoms with Crippen LogP contribution in [0.2, 0.25) is 0 Å². The number of nitrogens with one attached hydrogen (secondary N) is 1. The molecule has 1 atom stereocenters. The lowest BCUT2D eigenvalue weighted by Crippen LogP contribution is -2.10. The molecule has 3 nitrogen and oxygen atoms in total. The number of carbonyl (C=O) groups is 1. The van der Waals surface area contributed by atoms with Crippen LogP contribution in [0.25, 0.3) is 0 Å². The lowest BCUT2D eigenvalue weighted by atomic mass is 9.91. The molecule has 17 heavy (non-hydrogen) atoms. The molecular formula is C14H19NO2. The van der Waals surface area contributed by atoms with Crippen LogP contribution < -0.4 is 5.32 Å². The minimum Gasteiger partial charge on any atom is -0.465 e. The molecule has 0 spiro atoms. The van der Waals surface area contributed by atoms with Crippen LogP contribution in [0.4, 0.5) is 0 Å². The minimum atomic E-state index is -0.238. The summed E-state index contributed by atoms with van der Waals surface area (Å²) in [6, 6.07) is 4.19. The first-order valence-electron chi connectivity index (χ1n) is 6.03. The molecule has 1 saturated heterocycles. The zero-order chi connectivity index (χ0) is 12.4. The fraction of sp³-hybridized carbons (Fsp3) is 0.500. The van der Waals surface area contributed by atoms with E-state index in [0.29, 0.717) is 11.5 Å². The smallest absolute Gasteiger partial charge is 0.338 e. The Labute approximate surface area is 102 Å². The number of esters is 1. The lowest BCUT2D eigenvalue weighted by molar-refractivity contribution is 0.0599. The van der Waals surface area contributed by atoms with Gasteiger partial charge in [0.25, 0.3) is 0 Å². The second kappa shape index (κ2) is 4.88. The van der Waals surface area contributed by atoms with Crippen molar-refractivity contribution in [1.29, 1.82) is 0 Å². The fourth-order valence-corrected chi connectivity index (χ4v) is 2.38. The maximum atomic E-state index is 11.7. The van der Waals surface area contributed by atoms with Crippen LogP contribution in [0, 0.1) is 13.8 Å². The molecule has 3 heteroatoms. The van der Waals surface area contributed by atoms with Gasteiger partial charge in [0.05, 0.1) is 12.7 Å². The Morgan fingerprint density at radius 2 is 2.18 bits per heavy atom. The molecule has 0 amide bonds. The van der Waals surface area contributed by atoms with Gasteiger partial charge in [-0.15, -0.1) is 0 Å². The van der Waals surface area contributed by atoms with E-state index in [1.54, 1.807) is 0 Å². The van der Waals surface area contributed by atoms with E-state index in [1.807, 2.05) is 19.9 Å². The third-order valence-corrected chi connectivity index (χ3v) is 3.63. The van der Waals surface area contributed by atoms with Crippen LogP contribution in [0.5, 0.6) is 0 Å². The molecule has 1 unspecified atom stereocenters. The third kappa shape index (κ3) is 2.34. The van der Waals surface area contributed by atoms with Gasteiger partial charge in [0.1, 0.15) is 0 Å². The summed E-state index contributed by atoms with van der Waals surface area (Å²) >= 11 is 0. The van der Waals surface area contributed by atoms with Gasteiger partial charge < -0.3 is 10.1 Å². The molecule has 1 N–H and O–H groups in total. The zero-order valence-electron chi connectivity index (χ0n) is 10.7. The van der Waals surface area contributed by atoms with E-state index in [0.717, 1.165) is 30.6 Å². The van der Waals surface area contributed by atoms with Crippen molar-refractivity contribution in [2.45, 2.75) is 26.2 Å². The Kier molecular flexibility index (Phi) is 3.48. The summed E-state index contributed by atoms with van der Waals surface area (Å²) < 4.78 is 4.84. The SMILES string of the molecule is COC(=O)c1cc(C2CCNC2)cc(C)c1C. The number of ether oxygens (including phenoxy) is 1. The van der Waals surface area contributed by atoms with Crippen molar-refractivity contribution in [3.63, 3.8) is 0 Å². The number of benzene rings is 1. The summed E-state index contributed by atoms with van der Waals surface area (Å²) in [4.78, 5) is 11.7. The average Bonchev–Trinajstić information content (AvgIpc) is 2.85. The predicted octanol–water partition coefficient (Wildman–Crippen LogP) is 2.17. The second-order valence-corrected chi connectivity index (χ2v) is 4.69. The van der Waals surface area contributed by atoms with Crippen molar-refractivity contribution < 1.29 is 9.53 Å². The summed E-state index contributed by atoms with van der Waals surface area (Å²) in [5.74, 6) is 0.288. The number of hydrogen-bond donors (Lipinski definition) is 1. The summed E-state index contributed by atoms with van der Waals surface area (Å²) in [7, 11) is 1.43. The Morgan fingerprint density at radius 1 is 1.41 bits per heavy atom. The van der Waals surface area contributed by atoms with Gasteiger partial charge >= 0.3 is 5.97 Å². The fourth-order valence-electron chi connectivity index (χ4n) is 2.38. The van der Waals surface area contributed by atoms with Crippen molar-refractivity contribution in [2.75, 3.05) is 20.2 Å². The van der Waals surface area contributed by atoms with E-state index in [-0.39, 0.29) is 5.97 Å². The van der Waals surface area contributed by atoms with Gasteiger partial charge in [0.15, 0.2) is 0 Å². The van der Waals surface area contributed by atoms with Crippen molar-refractivity contribution in [2.24, 2.45) is 0 Å². The van der Waals surface area contributed by atoms with E-state index in [4.69, 9.17) is 4.74 Å². The molecular weight excluding hydrogens is 214 g/mol. The van der Waals surface area contributed by atoms with Crippen LogP contribution in [0.1, 0.15) is 39.4 Å². The van der Waals surface area contributed by atoms with E-state index < -0.39 is 0 Å². The standard InChI is InChI=1S/C14H19NO2/c1-9-6-12(11-4-5-15-8-11)7-13(10(9)2)14(16)17-3/h6-7,11,15H,4-5,8H2,1-3H3. The molecule has 1 aliphatic rings. The molecule has 1 aromatic carbocycles. The molecule has 92 valence electrons. The van der Waals surface area contributed by atoms with Gasteiger partial charge in [0, 0.05) is 6.54 Å². The van der Waals surface area contributed by atoms with Gasteiger partial charge in [-0.05, 0) is 55.5 Å². The first kappa shape index (κ1) is 12.1. The summed E-state index contributed by atoms with van der Waals surface area (Å²) in [6.45, 7) is 6.08.